The minimum atomic E-state index is -0.920. The summed E-state index contributed by atoms with van der Waals surface area (Å²) in [5.41, 5.74) is 1.82. The minimum Gasteiger partial charge on any atom is -0.506 e. The highest BCUT2D eigenvalue weighted by Crippen LogP contribution is 2.28. The lowest BCUT2D eigenvalue weighted by Crippen LogP contribution is -2.25. The largest absolute Gasteiger partial charge is 0.506 e. The van der Waals surface area contributed by atoms with Crippen molar-refractivity contribution in [3.8, 4) is 5.75 Å². The molecule has 0 heterocycles. The van der Waals surface area contributed by atoms with Crippen LogP contribution in [0, 0.1) is 5.92 Å². The Morgan fingerprint density at radius 1 is 0.729 bits per heavy atom. The van der Waals surface area contributed by atoms with Gasteiger partial charge in [0.1, 0.15) is 5.75 Å². The van der Waals surface area contributed by atoms with Gasteiger partial charge in [-0.3, -0.25) is 14.4 Å². The normalized spacial score (nSPS) is 11.7. The summed E-state index contributed by atoms with van der Waals surface area (Å²) < 4.78 is 0. The molecule has 0 saturated heterocycles. The topological polar surface area (TPSA) is 116 Å². The number of anilines is 1. The van der Waals surface area contributed by atoms with Crippen molar-refractivity contribution in [3.05, 3.63) is 84.4 Å². The van der Waals surface area contributed by atoms with Gasteiger partial charge in [-0.15, -0.1) is 6.58 Å². The van der Waals surface area contributed by atoms with E-state index >= 15 is 0 Å². The zero-order valence-electron chi connectivity index (χ0n) is 28.7. The molecule has 0 aliphatic rings. The molecule has 0 aliphatic carbocycles. The summed E-state index contributed by atoms with van der Waals surface area (Å²) in [7, 11) is 0. The maximum Gasteiger partial charge on any atom is 0.307 e. The minimum absolute atomic E-state index is 0.0285. The average molecular weight is 657 g/mol. The monoisotopic (exact) mass is 656 g/mol. The highest BCUT2D eigenvalue weighted by Gasteiger charge is 2.21. The Hall–Kier alpha value is -4.13. The van der Waals surface area contributed by atoms with Crippen LogP contribution in [0.2, 0.25) is 0 Å². The SMILES string of the molecule is C=CCCCCCCCCCCCCCCCCC(CC(=O)Nc1ccc(CCNC(=O)c2ccc3ccccc3c2O)cc1)C(=O)O. The molecule has 260 valence electrons. The third kappa shape index (κ3) is 14.3. The predicted octanol–water partition coefficient (Wildman–Crippen LogP) is 9.97. The third-order valence-electron chi connectivity index (χ3n) is 9.07. The Kier molecular flexibility index (Phi) is 17.9. The number of unbranched alkanes of at least 4 members (excludes halogenated alkanes) is 14. The first kappa shape index (κ1) is 38.3. The van der Waals surface area contributed by atoms with E-state index < -0.39 is 11.9 Å². The van der Waals surface area contributed by atoms with Gasteiger partial charge in [-0.1, -0.05) is 132 Å². The number of allylic oxidation sites excluding steroid dienone is 1. The molecule has 3 aromatic rings. The summed E-state index contributed by atoms with van der Waals surface area (Å²) >= 11 is 0. The fraction of sp³-hybridized carbons (Fsp3) is 0.488. The van der Waals surface area contributed by atoms with E-state index in [0.29, 0.717) is 30.5 Å². The number of benzene rings is 3. The number of hydrogen-bond acceptors (Lipinski definition) is 4. The van der Waals surface area contributed by atoms with Gasteiger partial charge in [-0.05, 0) is 54.8 Å². The Balaban J connectivity index is 1.24. The zero-order valence-corrected chi connectivity index (χ0v) is 28.7. The van der Waals surface area contributed by atoms with Crippen LogP contribution in [0.4, 0.5) is 5.69 Å². The summed E-state index contributed by atoms with van der Waals surface area (Å²) in [5.74, 6) is -2.27. The number of amides is 2. The Bertz CT molecular complexity index is 1420. The molecule has 7 heteroatoms. The number of carboxylic acid groups (broad SMARTS) is 1. The van der Waals surface area contributed by atoms with Crippen LogP contribution in [-0.2, 0) is 16.0 Å². The summed E-state index contributed by atoms with van der Waals surface area (Å²) in [6.45, 7) is 4.16. The number of hydrogen-bond donors (Lipinski definition) is 4. The van der Waals surface area contributed by atoms with Gasteiger partial charge in [0.15, 0.2) is 0 Å². The number of aliphatic carboxylic acids is 1. The van der Waals surface area contributed by atoms with Gasteiger partial charge in [0.2, 0.25) is 5.91 Å². The van der Waals surface area contributed by atoms with Crippen LogP contribution in [0.1, 0.15) is 125 Å². The number of rotatable bonds is 25. The van der Waals surface area contributed by atoms with Gasteiger partial charge in [-0.25, -0.2) is 0 Å². The summed E-state index contributed by atoms with van der Waals surface area (Å²) in [5, 5.41) is 27.4. The van der Waals surface area contributed by atoms with E-state index in [1.165, 1.54) is 70.6 Å². The van der Waals surface area contributed by atoms with E-state index in [1.54, 1.807) is 24.3 Å². The van der Waals surface area contributed by atoms with Gasteiger partial charge >= 0.3 is 5.97 Å². The van der Waals surface area contributed by atoms with Gasteiger partial charge in [0, 0.05) is 24.0 Å². The van der Waals surface area contributed by atoms with E-state index in [9.17, 15) is 24.6 Å². The first-order valence-corrected chi connectivity index (χ1v) is 18.1. The first-order chi connectivity index (χ1) is 23.4. The van der Waals surface area contributed by atoms with Gasteiger partial charge < -0.3 is 20.8 Å². The first-order valence-electron chi connectivity index (χ1n) is 18.1. The van der Waals surface area contributed by atoms with Crippen molar-refractivity contribution in [3.63, 3.8) is 0 Å². The summed E-state index contributed by atoms with van der Waals surface area (Å²) in [6.07, 6.45) is 21.5. The molecule has 0 spiro atoms. The van der Waals surface area contributed by atoms with Crippen molar-refractivity contribution in [2.45, 2.75) is 116 Å². The van der Waals surface area contributed by atoms with Crippen LogP contribution in [0.5, 0.6) is 5.75 Å². The second kappa shape index (κ2) is 22.4. The lowest BCUT2D eigenvalue weighted by molar-refractivity contribution is -0.143. The Morgan fingerprint density at radius 3 is 1.92 bits per heavy atom. The quantitative estimate of drug-likeness (QED) is 0.0535. The number of carbonyl (C=O) groups excluding carboxylic acids is 2. The van der Waals surface area contributed by atoms with Gasteiger partial charge in [-0.2, -0.15) is 0 Å². The molecular formula is C41H56N2O5. The maximum atomic E-state index is 12.7. The molecular weight excluding hydrogens is 600 g/mol. The van der Waals surface area contributed by atoms with E-state index in [-0.39, 0.29) is 29.5 Å². The Morgan fingerprint density at radius 2 is 1.31 bits per heavy atom. The molecule has 48 heavy (non-hydrogen) atoms. The second-order valence-electron chi connectivity index (χ2n) is 13.0. The van der Waals surface area contributed by atoms with Crippen LogP contribution in [0.15, 0.2) is 73.3 Å². The molecule has 0 fully saturated rings. The molecule has 0 aliphatic heterocycles. The molecule has 3 aromatic carbocycles. The number of phenols is 1. The van der Waals surface area contributed by atoms with Crippen molar-refractivity contribution in [1.29, 1.82) is 0 Å². The number of phenolic OH excluding ortho intramolecular Hbond substituents is 1. The second-order valence-corrected chi connectivity index (χ2v) is 13.0. The molecule has 0 radical (unpaired) electrons. The standard InChI is InChI=1S/C41H56N2O5/c1-2-3-4-5-6-7-8-9-10-11-12-13-14-15-16-17-21-34(41(47)48)31-38(44)43-35-26-23-32(24-27-35)29-30-42-40(46)37-28-25-33-20-18-19-22-36(33)39(37)45/h2,18-20,22-28,34,45H,1,3-17,21,29-31H2,(H,42,46)(H,43,44)(H,47,48). The van der Waals surface area contributed by atoms with Crippen molar-refractivity contribution < 1.29 is 24.6 Å². The van der Waals surface area contributed by atoms with Crippen molar-refractivity contribution in [2.75, 3.05) is 11.9 Å². The highest BCUT2D eigenvalue weighted by molar-refractivity contribution is 6.03. The van der Waals surface area contributed by atoms with Crippen LogP contribution < -0.4 is 10.6 Å². The maximum absolute atomic E-state index is 12.7. The predicted molar refractivity (Wildman–Crippen MR) is 197 cm³/mol. The molecule has 3 rings (SSSR count). The average Bonchev–Trinajstić information content (AvgIpc) is 3.08. The van der Waals surface area contributed by atoms with Gasteiger partial charge in [0.25, 0.3) is 5.91 Å². The third-order valence-corrected chi connectivity index (χ3v) is 9.07. The number of carboxylic acids is 1. The molecule has 0 aromatic heterocycles. The van der Waals surface area contributed by atoms with Crippen LogP contribution in [0.3, 0.4) is 0 Å². The van der Waals surface area contributed by atoms with Crippen LogP contribution in [0.25, 0.3) is 10.8 Å². The number of aromatic hydroxyl groups is 1. The lowest BCUT2D eigenvalue weighted by Gasteiger charge is -2.13. The van der Waals surface area contributed by atoms with Crippen molar-refractivity contribution in [2.24, 2.45) is 5.92 Å². The van der Waals surface area contributed by atoms with Crippen molar-refractivity contribution in [1.82, 2.24) is 5.32 Å². The molecule has 0 saturated carbocycles. The number of carbonyl (C=O) groups is 3. The molecule has 4 N–H and O–H groups in total. The van der Waals surface area contributed by atoms with Gasteiger partial charge in [0.05, 0.1) is 11.5 Å². The zero-order chi connectivity index (χ0) is 34.4. The van der Waals surface area contributed by atoms with E-state index in [1.807, 2.05) is 42.5 Å². The Labute approximate surface area is 287 Å². The molecule has 1 unspecified atom stereocenters. The molecule has 2 amide bonds. The molecule has 1 atom stereocenters. The summed E-state index contributed by atoms with van der Waals surface area (Å²) in [4.78, 5) is 37.1. The van der Waals surface area contributed by atoms with E-state index in [4.69, 9.17) is 0 Å². The highest BCUT2D eigenvalue weighted by atomic mass is 16.4. The molecule has 0 bridgehead atoms. The number of nitrogens with one attached hydrogen (secondary N) is 2. The summed E-state index contributed by atoms with van der Waals surface area (Å²) in [6, 6.07) is 18.1. The van der Waals surface area contributed by atoms with Crippen molar-refractivity contribution >= 4 is 34.2 Å². The fourth-order valence-electron chi connectivity index (χ4n) is 6.16. The number of fused-ring (bicyclic) bond motifs is 1. The lowest BCUT2D eigenvalue weighted by atomic mass is 9.96. The molecule has 7 nitrogen and oxygen atoms in total. The van der Waals surface area contributed by atoms with Crippen LogP contribution in [-0.4, -0.2) is 34.5 Å². The van der Waals surface area contributed by atoms with E-state index in [2.05, 4.69) is 17.2 Å². The van der Waals surface area contributed by atoms with Crippen LogP contribution >= 0.6 is 0 Å². The fourth-order valence-corrected chi connectivity index (χ4v) is 6.16. The van der Waals surface area contributed by atoms with E-state index in [0.717, 1.165) is 36.6 Å². The smallest absolute Gasteiger partial charge is 0.307 e.